The second kappa shape index (κ2) is 8.48. The number of nitrogens with one attached hydrogen (secondary N) is 1. The van der Waals surface area contributed by atoms with Gasteiger partial charge in [0.25, 0.3) is 0 Å². The van der Waals surface area contributed by atoms with E-state index in [-0.39, 0.29) is 5.97 Å². The van der Waals surface area contributed by atoms with E-state index in [1.54, 1.807) is 0 Å². The topological polar surface area (TPSA) is 41.6 Å². The van der Waals surface area contributed by atoms with Crippen LogP contribution in [0.1, 0.15) is 41.0 Å². The zero-order chi connectivity index (χ0) is 13.3. The van der Waals surface area contributed by atoms with E-state index in [0.717, 1.165) is 26.1 Å². The second-order valence-electron chi connectivity index (χ2n) is 4.45. The van der Waals surface area contributed by atoms with Gasteiger partial charge in [-0.05, 0) is 39.9 Å². The van der Waals surface area contributed by atoms with Gasteiger partial charge in [-0.2, -0.15) is 0 Å². The lowest BCUT2D eigenvalue weighted by Gasteiger charge is -2.33. The molecule has 0 saturated carbocycles. The molecular weight excluding hydrogens is 216 g/mol. The van der Waals surface area contributed by atoms with E-state index in [2.05, 4.69) is 24.1 Å². The van der Waals surface area contributed by atoms with E-state index in [1.165, 1.54) is 0 Å². The number of likely N-dealkylation sites (N-methyl/N-ethyl adjacent to an activating group) is 2. The molecule has 0 aromatic carbocycles. The molecule has 0 amide bonds. The quantitative estimate of drug-likeness (QED) is 0.626. The molecule has 0 heterocycles. The molecule has 102 valence electrons. The molecule has 0 bridgehead atoms. The number of esters is 1. The summed E-state index contributed by atoms with van der Waals surface area (Å²) in [7, 11) is 0. The van der Waals surface area contributed by atoms with Gasteiger partial charge in [0.2, 0.25) is 0 Å². The van der Waals surface area contributed by atoms with Crippen LogP contribution in [0.3, 0.4) is 0 Å². The summed E-state index contributed by atoms with van der Waals surface area (Å²) in [6.45, 7) is 13.9. The molecule has 0 rings (SSSR count). The van der Waals surface area contributed by atoms with Gasteiger partial charge in [0.05, 0.1) is 6.61 Å². The van der Waals surface area contributed by atoms with Crippen LogP contribution >= 0.6 is 0 Å². The van der Waals surface area contributed by atoms with Crippen LogP contribution in [0.25, 0.3) is 0 Å². The molecule has 4 heteroatoms. The van der Waals surface area contributed by atoms with E-state index in [0.29, 0.717) is 13.2 Å². The van der Waals surface area contributed by atoms with Gasteiger partial charge >= 0.3 is 5.97 Å². The molecule has 0 radical (unpaired) electrons. The monoisotopic (exact) mass is 244 g/mol. The van der Waals surface area contributed by atoms with Gasteiger partial charge < -0.3 is 15.0 Å². The number of rotatable bonds is 9. The van der Waals surface area contributed by atoms with Crippen molar-refractivity contribution in [1.29, 1.82) is 0 Å². The Morgan fingerprint density at radius 1 is 1.29 bits per heavy atom. The molecule has 0 aliphatic rings. The van der Waals surface area contributed by atoms with Gasteiger partial charge in [-0.15, -0.1) is 0 Å². The van der Waals surface area contributed by atoms with E-state index < -0.39 is 5.54 Å². The van der Waals surface area contributed by atoms with Gasteiger partial charge in [0.15, 0.2) is 0 Å². The number of nitrogens with zero attached hydrogens (tertiary/aromatic N) is 1. The average molecular weight is 244 g/mol. The maximum absolute atomic E-state index is 12.0. The Hall–Kier alpha value is -0.610. The van der Waals surface area contributed by atoms with Gasteiger partial charge in [-0.25, -0.2) is 0 Å². The van der Waals surface area contributed by atoms with Crippen LogP contribution in [-0.2, 0) is 9.53 Å². The van der Waals surface area contributed by atoms with Gasteiger partial charge in [0, 0.05) is 6.54 Å². The van der Waals surface area contributed by atoms with Crippen molar-refractivity contribution in [2.45, 2.75) is 46.6 Å². The molecule has 1 atom stereocenters. The lowest BCUT2D eigenvalue weighted by atomic mass is 10.0. The van der Waals surface area contributed by atoms with E-state index in [9.17, 15) is 4.79 Å². The van der Waals surface area contributed by atoms with Crippen LogP contribution < -0.4 is 5.32 Å². The first-order valence-electron chi connectivity index (χ1n) is 6.68. The zero-order valence-corrected chi connectivity index (χ0v) is 12.0. The minimum Gasteiger partial charge on any atom is -0.465 e. The van der Waals surface area contributed by atoms with Gasteiger partial charge in [-0.1, -0.05) is 20.8 Å². The fourth-order valence-corrected chi connectivity index (χ4v) is 1.99. The normalized spacial score (nSPS) is 14.7. The molecule has 0 aliphatic carbocycles. The van der Waals surface area contributed by atoms with E-state index in [1.807, 2.05) is 20.8 Å². The highest BCUT2D eigenvalue weighted by Crippen LogP contribution is 2.10. The van der Waals surface area contributed by atoms with Crippen molar-refractivity contribution in [2.75, 3.05) is 32.8 Å². The molecule has 4 nitrogen and oxygen atoms in total. The van der Waals surface area contributed by atoms with Crippen LogP contribution in [0.4, 0.5) is 0 Å². The number of carbonyl (C=O) groups excluding carboxylic acids is 1. The van der Waals surface area contributed by atoms with Gasteiger partial charge in [-0.3, -0.25) is 4.79 Å². The van der Waals surface area contributed by atoms with Crippen LogP contribution in [0.2, 0.25) is 0 Å². The number of ether oxygens (including phenoxy) is 1. The predicted molar refractivity (Wildman–Crippen MR) is 71.1 cm³/mol. The highest BCUT2D eigenvalue weighted by atomic mass is 16.5. The molecule has 1 N–H and O–H groups in total. The van der Waals surface area contributed by atoms with Crippen LogP contribution in [0, 0.1) is 0 Å². The first-order chi connectivity index (χ1) is 8.03. The zero-order valence-electron chi connectivity index (χ0n) is 12.0. The third kappa shape index (κ3) is 5.50. The lowest BCUT2D eigenvalue weighted by molar-refractivity contribution is -0.151. The maximum Gasteiger partial charge on any atom is 0.327 e. The Morgan fingerprint density at radius 3 is 2.35 bits per heavy atom. The summed E-state index contributed by atoms with van der Waals surface area (Å²) in [5.74, 6) is -0.156. The maximum atomic E-state index is 12.0. The Kier molecular flexibility index (Phi) is 8.17. The highest BCUT2D eigenvalue weighted by molar-refractivity contribution is 5.80. The van der Waals surface area contributed by atoms with Crippen LogP contribution in [-0.4, -0.2) is 49.2 Å². The summed E-state index contributed by atoms with van der Waals surface area (Å²) in [6, 6.07) is 0. The van der Waals surface area contributed by atoms with Crippen molar-refractivity contribution in [3.63, 3.8) is 0 Å². The number of hydrogen-bond acceptors (Lipinski definition) is 4. The Bertz CT molecular complexity index is 221. The molecule has 0 spiro atoms. The smallest absolute Gasteiger partial charge is 0.327 e. The minimum atomic E-state index is -0.601. The fourth-order valence-electron chi connectivity index (χ4n) is 1.99. The fraction of sp³-hybridized carbons (Fsp3) is 0.923. The SMILES string of the molecule is CCCN(CC)CC(C)(NCC)C(=O)OCC. The number of carbonyl (C=O) groups is 1. The third-order valence-corrected chi connectivity index (χ3v) is 2.82. The molecule has 17 heavy (non-hydrogen) atoms. The lowest BCUT2D eigenvalue weighted by Crippen LogP contribution is -2.57. The first-order valence-corrected chi connectivity index (χ1v) is 6.68. The molecule has 1 unspecified atom stereocenters. The Balaban J connectivity index is 4.62. The van der Waals surface area contributed by atoms with Crippen LogP contribution in [0.5, 0.6) is 0 Å². The molecule has 0 aromatic rings. The largest absolute Gasteiger partial charge is 0.465 e. The molecular formula is C13H28N2O2. The van der Waals surface area contributed by atoms with Crippen molar-refractivity contribution < 1.29 is 9.53 Å². The molecule has 0 fully saturated rings. The summed E-state index contributed by atoms with van der Waals surface area (Å²) >= 11 is 0. The number of hydrogen-bond donors (Lipinski definition) is 1. The van der Waals surface area contributed by atoms with Crippen molar-refractivity contribution in [3.05, 3.63) is 0 Å². The first kappa shape index (κ1) is 16.4. The van der Waals surface area contributed by atoms with Crippen molar-refractivity contribution in [3.8, 4) is 0 Å². The summed E-state index contributed by atoms with van der Waals surface area (Å²) in [6.07, 6.45) is 1.10. The summed E-state index contributed by atoms with van der Waals surface area (Å²) < 4.78 is 5.16. The standard InChI is InChI=1S/C13H28N2O2/c1-6-10-15(8-3)11-13(5,14-7-2)12(16)17-9-4/h14H,6-11H2,1-5H3. The van der Waals surface area contributed by atoms with Crippen molar-refractivity contribution in [1.82, 2.24) is 10.2 Å². The molecule has 0 aliphatic heterocycles. The molecule has 0 aromatic heterocycles. The predicted octanol–water partition coefficient (Wildman–Crippen LogP) is 1.65. The van der Waals surface area contributed by atoms with Crippen molar-refractivity contribution in [2.24, 2.45) is 0 Å². The van der Waals surface area contributed by atoms with Crippen molar-refractivity contribution >= 4 is 5.97 Å². The highest BCUT2D eigenvalue weighted by Gasteiger charge is 2.35. The summed E-state index contributed by atoms with van der Waals surface area (Å²) in [5, 5.41) is 3.25. The Morgan fingerprint density at radius 2 is 1.94 bits per heavy atom. The van der Waals surface area contributed by atoms with E-state index >= 15 is 0 Å². The minimum absolute atomic E-state index is 0.156. The average Bonchev–Trinajstić information content (AvgIpc) is 2.29. The third-order valence-electron chi connectivity index (χ3n) is 2.82. The Labute approximate surface area is 106 Å². The molecule has 0 saturated heterocycles. The van der Waals surface area contributed by atoms with E-state index in [4.69, 9.17) is 4.74 Å². The summed E-state index contributed by atoms with van der Waals surface area (Å²) in [5.41, 5.74) is -0.601. The summed E-state index contributed by atoms with van der Waals surface area (Å²) in [4.78, 5) is 14.3. The van der Waals surface area contributed by atoms with Crippen LogP contribution in [0.15, 0.2) is 0 Å². The second-order valence-corrected chi connectivity index (χ2v) is 4.45. The van der Waals surface area contributed by atoms with Gasteiger partial charge in [0.1, 0.15) is 5.54 Å².